The highest BCUT2D eigenvalue weighted by molar-refractivity contribution is 5.39. The number of hydrogen-bond donors (Lipinski definition) is 1. The molecule has 0 radical (unpaired) electrons. The lowest BCUT2D eigenvalue weighted by Gasteiger charge is -2.19. The molecule has 0 aliphatic carbocycles. The normalized spacial score (nSPS) is 13.4. The summed E-state index contributed by atoms with van der Waals surface area (Å²) in [4.78, 5) is 0. The predicted octanol–water partition coefficient (Wildman–Crippen LogP) is 2.97. The molecule has 0 aliphatic rings. The quantitative estimate of drug-likeness (QED) is 0.869. The van der Waals surface area contributed by atoms with E-state index in [0.29, 0.717) is 18.6 Å². The van der Waals surface area contributed by atoms with Gasteiger partial charge >= 0.3 is 6.18 Å². The monoisotopic (exact) mass is 277 g/mol. The number of methoxy groups -OCH3 is 1. The van der Waals surface area contributed by atoms with Crippen molar-refractivity contribution in [2.45, 2.75) is 32.2 Å². The van der Waals surface area contributed by atoms with Crippen molar-refractivity contribution in [1.29, 1.82) is 0 Å². The van der Waals surface area contributed by atoms with Crippen LogP contribution in [0.5, 0.6) is 5.75 Å². The molecule has 1 aromatic rings. The van der Waals surface area contributed by atoms with Crippen molar-refractivity contribution in [3.8, 4) is 5.75 Å². The van der Waals surface area contributed by atoms with Crippen molar-refractivity contribution < 1.29 is 22.6 Å². The van der Waals surface area contributed by atoms with Gasteiger partial charge in [0.15, 0.2) is 0 Å². The molecule has 19 heavy (non-hydrogen) atoms. The van der Waals surface area contributed by atoms with Crippen LogP contribution >= 0.6 is 0 Å². The van der Waals surface area contributed by atoms with Gasteiger partial charge < -0.3 is 15.2 Å². The minimum Gasteiger partial charge on any atom is -0.490 e. The summed E-state index contributed by atoms with van der Waals surface area (Å²) in [7, 11) is 1.53. The Hall–Kier alpha value is -1.27. The summed E-state index contributed by atoms with van der Waals surface area (Å²) in [6, 6.07) is 3.88. The molecule has 0 amide bonds. The van der Waals surface area contributed by atoms with Crippen LogP contribution in [0.15, 0.2) is 18.2 Å². The summed E-state index contributed by atoms with van der Waals surface area (Å²) >= 11 is 0. The summed E-state index contributed by atoms with van der Waals surface area (Å²) in [6.07, 6.45) is -4.29. The smallest absolute Gasteiger partial charge is 0.419 e. The lowest BCUT2D eigenvalue weighted by molar-refractivity contribution is -0.139. The first kappa shape index (κ1) is 15.8. The molecular formula is C13H18F3NO2. The van der Waals surface area contributed by atoms with Gasteiger partial charge in [-0.05, 0) is 24.6 Å². The summed E-state index contributed by atoms with van der Waals surface area (Å²) in [6.45, 7) is 2.20. The second-order valence-corrected chi connectivity index (χ2v) is 4.24. The van der Waals surface area contributed by atoms with Crippen molar-refractivity contribution in [3.05, 3.63) is 29.3 Å². The maximum absolute atomic E-state index is 12.9. The lowest BCUT2D eigenvalue weighted by Crippen LogP contribution is -2.17. The Morgan fingerprint density at radius 1 is 1.32 bits per heavy atom. The number of halogens is 3. The van der Waals surface area contributed by atoms with Crippen molar-refractivity contribution in [2.75, 3.05) is 13.7 Å². The molecule has 0 bridgehead atoms. The Morgan fingerprint density at radius 2 is 2.00 bits per heavy atom. The molecule has 0 saturated carbocycles. The number of rotatable bonds is 6. The summed E-state index contributed by atoms with van der Waals surface area (Å²) in [5, 5.41) is 0. The van der Waals surface area contributed by atoms with Crippen LogP contribution in [0, 0.1) is 0 Å². The van der Waals surface area contributed by atoms with E-state index in [4.69, 9.17) is 15.2 Å². The van der Waals surface area contributed by atoms with E-state index in [-0.39, 0.29) is 18.4 Å². The number of ether oxygens (including phenoxy) is 2. The number of alkyl halides is 3. The van der Waals surface area contributed by atoms with E-state index in [9.17, 15) is 13.2 Å². The molecule has 0 aliphatic heterocycles. The molecule has 108 valence electrons. The van der Waals surface area contributed by atoms with E-state index >= 15 is 0 Å². The Morgan fingerprint density at radius 3 is 2.53 bits per heavy atom. The lowest BCUT2D eigenvalue weighted by atomic mass is 10.1. The van der Waals surface area contributed by atoms with Crippen LogP contribution in [0.2, 0.25) is 0 Å². The van der Waals surface area contributed by atoms with E-state index in [1.54, 1.807) is 6.92 Å². The first-order valence-corrected chi connectivity index (χ1v) is 5.94. The molecule has 0 fully saturated rings. The Labute approximate surface area is 110 Å². The van der Waals surface area contributed by atoms with Crippen LogP contribution in [0.3, 0.4) is 0 Å². The highest BCUT2D eigenvalue weighted by atomic mass is 19.4. The van der Waals surface area contributed by atoms with Gasteiger partial charge in [-0.2, -0.15) is 13.2 Å². The van der Waals surface area contributed by atoms with Crippen LogP contribution in [-0.4, -0.2) is 19.8 Å². The molecule has 0 heterocycles. The predicted molar refractivity (Wildman–Crippen MR) is 65.9 cm³/mol. The molecule has 1 atom stereocenters. The van der Waals surface area contributed by atoms with Crippen LogP contribution < -0.4 is 10.5 Å². The largest absolute Gasteiger partial charge is 0.490 e. The third-order valence-corrected chi connectivity index (χ3v) is 2.64. The highest BCUT2D eigenvalue weighted by Crippen LogP contribution is 2.37. The average Bonchev–Trinajstić information content (AvgIpc) is 2.35. The van der Waals surface area contributed by atoms with Crippen molar-refractivity contribution >= 4 is 0 Å². The van der Waals surface area contributed by atoms with E-state index in [2.05, 4.69) is 0 Å². The van der Waals surface area contributed by atoms with Gasteiger partial charge in [-0.15, -0.1) is 0 Å². The van der Waals surface area contributed by atoms with Crippen LogP contribution in [-0.2, 0) is 17.5 Å². The van der Waals surface area contributed by atoms with Gasteiger partial charge in [0.25, 0.3) is 0 Å². The molecular weight excluding hydrogens is 259 g/mol. The van der Waals surface area contributed by atoms with E-state index in [1.165, 1.54) is 19.2 Å². The van der Waals surface area contributed by atoms with E-state index in [1.807, 2.05) is 0 Å². The summed E-state index contributed by atoms with van der Waals surface area (Å²) in [5.41, 5.74) is 4.98. The van der Waals surface area contributed by atoms with Gasteiger partial charge in [-0.1, -0.05) is 6.07 Å². The first-order valence-electron chi connectivity index (χ1n) is 5.94. The summed E-state index contributed by atoms with van der Waals surface area (Å²) in [5.74, 6) is -0.173. The Balaban J connectivity index is 2.93. The third kappa shape index (κ3) is 4.72. The molecule has 0 spiro atoms. The molecule has 3 nitrogen and oxygen atoms in total. The van der Waals surface area contributed by atoms with Gasteiger partial charge in [0, 0.05) is 26.7 Å². The highest BCUT2D eigenvalue weighted by Gasteiger charge is 2.35. The zero-order chi connectivity index (χ0) is 14.5. The minimum absolute atomic E-state index is 0.0581. The molecule has 0 aromatic heterocycles. The van der Waals surface area contributed by atoms with E-state index < -0.39 is 11.7 Å². The zero-order valence-electron chi connectivity index (χ0n) is 11.0. The molecule has 1 aromatic carbocycles. The fourth-order valence-electron chi connectivity index (χ4n) is 1.59. The van der Waals surface area contributed by atoms with Crippen LogP contribution in [0.25, 0.3) is 0 Å². The second kappa shape index (κ2) is 6.77. The summed E-state index contributed by atoms with van der Waals surface area (Å²) < 4.78 is 49.0. The molecule has 1 rings (SSSR count). The molecule has 6 heteroatoms. The van der Waals surface area contributed by atoms with Crippen molar-refractivity contribution in [2.24, 2.45) is 5.73 Å². The Bertz CT molecular complexity index is 407. The number of benzene rings is 1. The first-order chi connectivity index (χ1) is 8.88. The maximum Gasteiger partial charge on any atom is 0.419 e. The topological polar surface area (TPSA) is 44.5 Å². The third-order valence-electron chi connectivity index (χ3n) is 2.64. The zero-order valence-corrected chi connectivity index (χ0v) is 11.0. The van der Waals surface area contributed by atoms with Gasteiger partial charge in [0.2, 0.25) is 0 Å². The Kier molecular flexibility index (Phi) is 5.62. The van der Waals surface area contributed by atoms with Crippen LogP contribution in [0.4, 0.5) is 13.2 Å². The molecule has 2 N–H and O–H groups in total. The average molecular weight is 277 g/mol. The number of hydrogen-bond acceptors (Lipinski definition) is 3. The van der Waals surface area contributed by atoms with E-state index in [0.717, 1.165) is 6.07 Å². The SMILES string of the molecule is COCCC(C)Oc1ccc(CN)cc1C(F)(F)F. The van der Waals surface area contributed by atoms with Gasteiger partial charge in [-0.3, -0.25) is 0 Å². The van der Waals surface area contributed by atoms with Crippen molar-refractivity contribution in [3.63, 3.8) is 0 Å². The minimum atomic E-state index is -4.46. The van der Waals surface area contributed by atoms with Crippen LogP contribution in [0.1, 0.15) is 24.5 Å². The molecule has 0 saturated heterocycles. The maximum atomic E-state index is 12.9. The fourth-order valence-corrected chi connectivity index (χ4v) is 1.59. The standard InChI is InChI=1S/C13H18F3NO2/c1-9(5-6-18-2)19-12-4-3-10(8-17)7-11(12)13(14,15)16/h3-4,7,9H,5-6,8,17H2,1-2H3. The van der Waals surface area contributed by atoms with Gasteiger partial charge in [0.1, 0.15) is 5.75 Å². The van der Waals surface area contributed by atoms with Gasteiger partial charge in [0.05, 0.1) is 11.7 Å². The number of nitrogens with two attached hydrogens (primary N) is 1. The molecule has 1 unspecified atom stereocenters. The van der Waals surface area contributed by atoms with Gasteiger partial charge in [-0.25, -0.2) is 0 Å². The fraction of sp³-hybridized carbons (Fsp3) is 0.538. The second-order valence-electron chi connectivity index (χ2n) is 4.24. The van der Waals surface area contributed by atoms with Crippen molar-refractivity contribution in [1.82, 2.24) is 0 Å².